The van der Waals surface area contributed by atoms with Crippen molar-refractivity contribution >= 4 is 0 Å². The van der Waals surface area contributed by atoms with Crippen LogP contribution in [0, 0.1) is 5.41 Å². The van der Waals surface area contributed by atoms with Gasteiger partial charge in [-0.25, -0.2) is 5.32 Å². The smallest absolute Gasteiger partial charge is 0.0233 e. The minimum atomic E-state index is 0.519. The van der Waals surface area contributed by atoms with Gasteiger partial charge >= 0.3 is 0 Å². The summed E-state index contributed by atoms with van der Waals surface area (Å²) in [6, 6.07) is 10.9. The molecule has 2 fully saturated rings. The van der Waals surface area contributed by atoms with Gasteiger partial charge in [-0.2, -0.15) is 0 Å². The van der Waals surface area contributed by atoms with E-state index in [2.05, 4.69) is 40.5 Å². The zero-order valence-electron chi connectivity index (χ0n) is 11.1. The molecule has 0 saturated carbocycles. The first-order chi connectivity index (χ1) is 8.86. The molecule has 2 heteroatoms. The molecule has 1 unspecified atom stereocenters. The van der Waals surface area contributed by atoms with E-state index in [1.165, 1.54) is 44.3 Å². The van der Waals surface area contributed by atoms with Gasteiger partial charge in [0.25, 0.3) is 0 Å². The van der Waals surface area contributed by atoms with E-state index < -0.39 is 0 Å². The Balaban J connectivity index is 1.63. The second-order valence-corrected chi connectivity index (χ2v) is 6.01. The predicted molar refractivity (Wildman–Crippen MR) is 74.5 cm³/mol. The summed E-state index contributed by atoms with van der Waals surface area (Å²) in [5, 5.41) is 4.67. The standard InChI is InChI=1S/C16H23N2/c1-2-6-15(7-3-1)12-18-11-5-9-16(14-18)8-4-10-17-13-16/h1-3,6-7H,4-5,8-14H2. The maximum absolute atomic E-state index is 4.67. The van der Waals surface area contributed by atoms with Crippen molar-refractivity contribution in [3.63, 3.8) is 0 Å². The van der Waals surface area contributed by atoms with E-state index in [-0.39, 0.29) is 0 Å². The maximum Gasteiger partial charge on any atom is 0.0233 e. The minimum Gasteiger partial charge on any atom is -0.298 e. The van der Waals surface area contributed by atoms with Crippen LogP contribution in [0.4, 0.5) is 0 Å². The molecule has 2 aliphatic heterocycles. The largest absolute Gasteiger partial charge is 0.298 e. The fourth-order valence-corrected chi connectivity index (χ4v) is 3.58. The Kier molecular flexibility index (Phi) is 3.67. The molecule has 0 aromatic heterocycles. The van der Waals surface area contributed by atoms with E-state index in [1.54, 1.807) is 0 Å². The minimum absolute atomic E-state index is 0.519. The Morgan fingerprint density at radius 1 is 1.11 bits per heavy atom. The molecule has 1 radical (unpaired) electrons. The fourth-order valence-electron chi connectivity index (χ4n) is 3.58. The van der Waals surface area contributed by atoms with Crippen LogP contribution < -0.4 is 5.32 Å². The molecule has 2 nitrogen and oxygen atoms in total. The summed E-state index contributed by atoms with van der Waals surface area (Å²) < 4.78 is 0. The molecule has 1 atom stereocenters. The van der Waals surface area contributed by atoms with Gasteiger partial charge in [-0.05, 0) is 43.2 Å². The Morgan fingerprint density at radius 3 is 2.72 bits per heavy atom. The molecule has 2 saturated heterocycles. The molecule has 97 valence electrons. The lowest BCUT2D eigenvalue weighted by Gasteiger charge is -2.45. The number of piperidine rings is 2. The third-order valence-corrected chi connectivity index (χ3v) is 4.46. The summed E-state index contributed by atoms with van der Waals surface area (Å²) >= 11 is 0. The Bertz CT molecular complexity index is 362. The molecular formula is C16H23N2. The van der Waals surface area contributed by atoms with Gasteiger partial charge in [0.1, 0.15) is 0 Å². The summed E-state index contributed by atoms with van der Waals surface area (Å²) in [5.41, 5.74) is 1.97. The molecule has 18 heavy (non-hydrogen) atoms. The highest BCUT2D eigenvalue weighted by Gasteiger charge is 2.36. The zero-order chi connectivity index (χ0) is 12.3. The topological polar surface area (TPSA) is 17.3 Å². The van der Waals surface area contributed by atoms with Gasteiger partial charge in [-0.1, -0.05) is 30.3 Å². The van der Waals surface area contributed by atoms with Crippen LogP contribution >= 0.6 is 0 Å². The number of likely N-dealkylation sites (tertiary alicyclic amines) is 1. The van der Waals surface area contributed by atoms with Crippen molar-refractivity contribution in [2.45, 2.75) is 32.2 Å². The van der Waals surface area contributed by atoms with Crippen LogP contribution in [0.5, 0.6) is 0 Å². The van der Waals surface area contributed by atoms with Gasteiger partial charge in [-0.15, -0.1) is 0 Å². The molecule has 0 N–H and O–H groups in total. The van der Waals surface area contributed by atoms with E-state index in [9.17, 15) is 0 Å². The van der Waals surface area contributed by atoms with Crippen LogP contribution in [-0.4, -0.2) is 31.1 Å². The molecule has 2 heterocycles. The normalized spacial score (nSPS) is 29.6. The molecular weight excluding hydrogens is 220 g/mol. The summed E-state index contributed by atoms with van der Waals surface area (Å²) in [7, 11) is 0. The third kappa shape index (κ3) is 2.76. The van der Waals surface area contributed by atoms with Crippen molar-refractivity contribution in [1.29, 1.82) is 0 Å². The van der Waals surface area contributed by atoms with Crippen LogP contribution in [0.15, 0.2) is 30.3 Å². The van der Waals surface area contributed by atoms with Gasteiger partial charge in [0.2, 0.25) is 0 Å². The van der Waals surface area contributed by atoms with E-state index in [0.717, 1.165) is 19.6 Å². The lowest BCUT2D eigenvalue weighted by atomic mass is 9.74. The second-order valence-electron chi connectivity index (χ2n) is 6.01. The highest BCUT2D eigenvalue weighted by Crippen LogP contribution is 2.36. The quantitative estimate of drug-likeness (QED) is 0.780. The first kappa shape index (κ1) is 12.2. The van der Waals surface area contributed by atoms with Gasteiger partial charge in [0.15, 0.2) is 0 Å². The molecule has 1 spiro atoms. The van der Waals surface area contributed by atoms with Gasteiger partial charge in [-0.3, -0.25) is 4.90 Å². The predicted octanol–water partition coefficient (Wildman–Crippen LogP) is 2.67. The average molecular weight is 243 g/mol. The highest BCUT2D eigenvalue weighted by molar-refractivity contribution is 5.14. The number of rotatable bonds is 2. The van der Waals surface area contributed by atoms with E-state index in [4.69, 9.17) is 0 Å². The van der Waals surface area contributed by atoms with Crippen LogP contribution in [-0.2, 0) is 6.54 Å². The van der Waals surface area contributed by atoms with Crippen LogP contribution in [0.25, 0.3) is 0 Å². The third-order valence-electron chi connectivity index (χ3n) is 4.46. The molecule has 0 bridgehead atoms. The first-order valence-electron chi connectivity index (χ1n) is 7.26. The van der Waals surface area contributed by atoms with Crippen molar-refractivity contribution in [1.82, 2.24) is 10.2 Å². The van der Waals surface area contributed by atoms with Crippen molar-refractivity contribution in [3.05, 3.63) is 35.9 Å². The number of nitrogens with zero attached hydrogens (tertiary/aromatic N) is 2. The highest BCUT2D eigenvalue weighted by atomic mass is 15.1. The van der Waals surface area contributed by atoms with E-state index in [1.807, 2.05) is 0 Å². The lowest BCUT2D eigenvalue weighted by molar-refractivity contribution is 0.0589. The van der Waals surface area contributed by atoms with E-state index >= 15 is 0 Å². The fraction of sp³-hybridized carbons (Fsp3) is 0.625. The molecule has 0 aliphatic carbocycles. The molecule has 2 aliphatic rings. The van der Waals surface area contributed by atoms with Crippen molar-refractivity contribution < 1.29 is 0 Å². The summed E-state index contributed by atoms with van der Waals surface area (Å²) in [6.45, 7) is 5.84. The second kappa shape index (κ2) is 5.41. The molecule has 0 amide bonds. The van der Waals surface area contributed by atoms with E-state index in [0.29, 0.717) is 5.41 Å². The summed E-state index contributed by atoms with van der Waals surface area (Å²) in [6.07, 6.45) is 5.44. The zero-order valence-corrected chi connectivity index (χ0v) is 11.1. The van der Waals surface area contributed by atoms with Gasteiger partial charge in [0, 0.05) is 26.2 Å². The molecule has 1 aromatic rings. The first-order valence-corrected chi connectivity index (χ1v) is 7.26. The van der Waals surface area contributed by atoms with Gasteiger partial charge < -0.3 is 0 Å². The van der Waals surface area contributed by atoms with Crippen molar-refractivity contribution in [2.24, 2.45) is 5.41 Å². The monoisotopic (exact) mass is 243 g/mol. The molecule has 1 aromatic carbocycles. The van der Waals surface area contributed by atoms with Crippen molar-refractivity contribution in [2.75, 3.05) is 26.2 Å². The Hall–Kier alpha value is -0.860. The number of hydrogen-bond donors (Lipinski definition) is 0. The van der Waals surface area contributed by atoms with Crippen LogP contribution in [0.3, 0.4) is 0 Å². The average Bonchev–Trinajstić information content (AvgIpc) is 2.41. The summed E-state index contributed by atoms with van der Waals surface area (Å²) in [5.74, 6) is 0. The number of hydrogen-bond acceptors (Lipinski definition) is 1. The lowest BCUT2D eigenvalue weighted by Crippen LogP contribution is -2.49. The van der Waals surface area contributed by atoms with Crippen LogP contribution in [0.1, 0.15) is 31.2 Å². The van der Waals surface area contributed by atoms with Gasteiger partial charge in [0.05, 0.1) is 0 Å². The summed E-state index contributed by atoms with van der Waals surface area (Å²) in [4.78, 5) is 2.64. The van der Waals surface area contributed by atoms with Crippen molar-refractivity contribution in [3.8, 4) is 0 Å². The van der Waals surface area contributed by atoms with Crippen LogP contribution in [0.2, 0.25) is 0 Å². The maximum atomic E-state index is 4.67. The Morgan fingerprint density at radius 2 is 1.94 bits per heavy atom. The molecule has 3 rings (SSSR count). The Labute approximate surface area is 110 Å². The SMILES string of the molecule is c1ccc(CN2CCCC3(CCC[N]C3)C2)cc1. The number of benzene rings is 1.